The number of nitrogens with two attached hydrogens (primary N) is 1. The van der Waals surface area contributed by atoms with Crippen LogP contribution in [0.2, 0.25) is 0 Å². The predicted molar refractivity (Wildman–Crippen MR) is 232 cm³/mol. The molecule has 288 valence electrons. The normalized spacial score (nSPS) is 15.8. The topological polar surface area (TPSA) is 134 Å². The van der Waals surface area contributed by atoms with Crippen LogP contribution in [0.25, 0.3) is 22.3 Å². The molecule has 6 aromatic carbocycles. The van der Waals surface area contributed by atoms with Crippen LogP contribution in [0.1, 0.15) is 79.6 Å². The zero-order chi connectivity index (χ0) is 40.0. The molecule has 6 aromatic rings. The van der Waals surface area contributed by atoms with Crippen molar-refractivity contribution >= 4 is 40.9 Å². The number of amides is 1. The van der Waals surface area contributed by atoms with Crippen LogP contribution in [0.3, 0.4) is 0 Å². The van der Waals surface area contributed by atoms with Gasteiger partial charge in [-0.1, -0.05) is 84.9 Å². The third-order valence-corrected chi connectivity index (χ3v) is 11.2. The molecule has 0 fully saturated rings. The van der Waals surface area contributed by atoms with Gasteiger partial charge < -0.3 is 21.5 Å². The van der Waals surface area contributed by atoms with Crippen molar-refractivity contribution in [2.75, 3.05) is 10.6 Å². The van der Waals surface area contributed by atoms with Gasteiger partial charge in [0.05, 0.1) is 23.7 Å². The maximum atomic E-state index is 14.3. The van der Waals surface area contributed by atoms with Gasteiger partial charge in [-0.3, -0.25) is 19.4 Å². The van der Waals surface area contributed by atoms with Crippen LogP contribution in [-0.2, 0) is 24.2 Å². The zero-order valence-electron chi connectivity index (χ0n) is 32.0. The summed E-state index contributed by atoms with van der Waals surface area (Å²) >= 11 is 0. The van der Waals surface area contributed by atoms with E-state index in [4.69, 9.17) is 5.73 Å². The molecule has 8 heteroatoms. The summed E-state index contributed by atoms with van der Waals surface area (Å²) in [5.41, 5.74) is 18.9. The Kier molecular flexibility index (Phi) is 11.2. The zero-order valence-corrected chi connectivity index (χ0v) is 32.0. The molecule has 9 rings (SSSR count). The van der Waals surface area contributed by atoms with Crippen molar-refractivity contribution in [3.05, 3.63) is 185 Å². The summed E-state index contributed by atoms with van der Waals surface area (Å²) in [5, 5.41) is 15.7. The first-order valence-electron chi connectivity index (χ1n) is 19.7. The van der Waals surface area contributed by atoms with Crippen LogP contribution < -0.4 is 16.4 Å². The van der Waals surface area contributed by atoms with E-state index in [1.807, 2.05) is 91.1 Å². The summed E-state index contributed by atoms with van der Waals surface area (Å²) in [6.07, 6.45) is 8.78. The maximum Gasteiger partial charge on any atom is 0.303 e. The molecule has 0 aromatic heterocycles. The number of aliphatic imine (C=N–C) groups is 1. The molecule has 0 bridgehead atoms. The number of hydrogen-bond donors (Lipinski definition) is 4. The van der Waals surface area contributed by atoms with Gasteiger partial charge in [-0.25, -0.2) is 0 Å². The highest BCUT2D eigenvalue weighted by molar-refractivity contribution is 6.09. The van der Waals surface area contributed by atoms with Crippen molar-refractivity contribution < 1.29 is 19.5 Å². The number of nitrogens with zero attached hydrogens (tertiary/aromatic N) is 1. The van der Waals surface area contributed by atoms with Crippen molar-refractivity contribution in [2.24, 2.45) is 10.7 Å². The second-order valence-electron chi connectivity index (χ2n) is 14.8. The number of Topliss-reactive ketones (excluding diaryl/α,β-unsaturated/α-hetero) is 1. The Bertz CT molecular complexity index is 2570. The number of carboxylic acids is 1. The summed E-state index contributed by atoms with van der Waals surface area (Å²) in [6.45, 7) is 0.417. The molecule has 0 saturated carbocycles. The smallest absolute Gasteiger partial charge is 0.303 e. The molecule has 1 amide bonds. The number of allylic oxidation sites excluding steroid dienone is 1. The molecule has 5 N–H and O–H groups in total. The van der Waals surface area contributed by atoms with Gasteiger partial charge in [0, 0.05) is 35.8 Å². The number of benzene rings is 6. The molecule has 2 atom stereocenters. The van der Waals surface area contributed by atoms with Crippen molar-refractivity contribution in [3.8, 4) is 22.3 Å². The Labute approximate surface area is 338 Å². The minimum absolute atomic E-state index is 0.0255. The number of anilines is 2. The number of carboxylic acid groups (broad SMARTS) is 1. The molecule has 2 unspecified atom stereocenters. The number of para-hydroxylation sites is 2. The Hall–Kier alpha value is -6.90. The lowest BCUT2D eigenvalue weighted by Gasteiger charge is -2.34. The SMILES string of the molecule is C1=CNc2ccccc2N=C1.NCc1cccc(-c2ccccc2C(=O)Nc2ccc(C(=O)C3Cc4ccccc4-c4ccc5c(c43)CCCC5CC(=O)O)cc2)c1. The van der Waals surface area contributed by atoms with E-state index >= 15 is 0 Å². The summed E-state index contributed by atoms with van der Waals surface area (Å²) in [6, 6.07) is 42.9. The van der Waals surface area contributed by atoms with E-state index in [2.05, 4.69) is 39.9 Å². The van der Waals surface area contributed by atoms with Gasteiger partial charge in [0.25, 0.3) is 5.91 Å². The highest BCUT2D eigenvalue weighted by Crippen LogP contribution is 2.47. The van der Waals surface area contributed by atoms with Crippen molar-refractivity contribution in [1.82, 2.24) is 0 Å². The van der Waals surface area contributed by atoms with E-state index < -0.39 is 5.97 Å². The van der Waals surface area contributed by atoms with Gasteiger partial charge >= 0.3 is 5.97 Å². The summed E-state index contributed by atoms with van der Waals surface area (Å²) in [4.78, 5) is 43.7. The molecule has 58 heavy (non-hydrogen) atoms. The largest absolute Gasteiger partial charge is 0.481 e. The predicted octanol–water partition coefficient (Wildman–Crippen LogP) is 10.5. The lowest BCUT2D eigenvalue weighted by atomic mass is 9.69. The van der Waals surface area contributed by atoms with Crippen LogP contribution in [0.15, 0.2) is 151 Å². The second-order valence-corrected chi connectivity index (χ2v) is 14.8. The average molecular weight is 765 g/mol. The Balaban J connectivity index is 0.000000366. The molecule has 0 saturated heterocycles. The van der Waals surface area contributed by atoms with Crippen LogP contribution in [0.5, 0.6) is 0 Å². The standard InChI is InChI=1S/C41H36N2O4.C9H8N2/c42-24-25-7-5-9-27(21-25)32-12-3-4-13-36(32)41(47)43-30-17-15-26(16-18-30)40(46)37-22-28-8-1-2-11-31(28)35-20-19-33-29(23-38(44)45)10-6-14-34(33)39(35)37;1-2-5-9-8(4-1)10-6-3-7-11-9/h1-5,7-9,11-13,15-21,29,37H,6,10,14,22-24,42H2,(H,43,47)(H,44,45);1-7,10H. The quantitative estimate of drug-likeness (QED) is 0.114. The first kappa shape index (κ1) is 38.0. The van der Waals surface area contributed by atoms with E-state index in [0.717, 1.165) is 80.7 Å². The van der Waals surface area contributed by atoms with Gasteiger partial charge in [0.1, 0.15) is 0 Å². The summed E-state index contributed by atoms with van der Waals surface area (Å²) in [5.74, 6) is -1.44. The molecule has 1 aliphatic heterocycles. The molecule has 0 radical (unpaired) electrons. The van der Waals surface area contributed by atoms with E-state index in [1.54, 1.807) is 36.5 Å². The van der Waals surface area contributed by atoms with Gasteiger partial charge in [-0.05, 0) is 136 Å². The molecule has 2 aliphatic carbocycles. The van der Waals surface area contributed by atoms with E-state index in [0.29, 0.717) is 29.8 Å². The monoisotopic (exact) mass is 764 g/mol. The van der Waals surface area contributed by atoms with Crippen molar-refractivity contribution in [3.63, 3.8) is 0 Å². The minimum Gasteiger partial charge on any atom is -0.481 e. The lowest BCUT2D eigenvalue weighted by molar-refractivity contribution is -0.137. The summed E-state index contributed by atoms with van der Waals surface area (Å²) in [7, 11) is 0. The Morgan fingerprint density at radius 1 is 0.810 bits per heavy atom. The average Bonchev–Trinajstić information content (AvgIpc) is 3.52. The number of nitrogens with one attached hydrogen (secondary N) is 2. The van der Waals surface area contributed by atoms with Gasteiger partial charge in [-0.15, -0.1) is 0 Å². The number of carbonyl (C=O) groups excluding carboxylic acids is 2. The number of hydrogen-bond acceptors (Lipinski definition) is 6. The number of rotatable bonds is 8. The second kappa shape index (κ2) is 17.1. The Morgan fingerprint density at radius 3 is 2.41 bits per heavy atom. The van der Waals surface area contributed by atoms with E-state index in [-0.39, 0.29) is 29.9 Å². The first-order chi connectivity index (χ1) is 28.4. The fourth-order valence-electron chi connectivity index (χ4n) is 8.51. The van der Waals surface area contributed by atoms with Gasteiger partial charge in [-0.2, -0.15) is 0 Å². The van der Waals surface area contributed by atoms with E-state index in [1.165, 1.54) is 0 Å². The van der Waals surface area contributed by atoms with Crippen LogP contribution in [0, 0.1) is 0 Å². The van der Waals surface area contributed by atoms with Crippen LogP contribution in [-0.4, -0.2) is 29.0 Å². The fourth-order valence-corrected chi connectivity index (χ4v) is 8.51. The third kappa shape index (κ3) is 8.01. The number of fused-ring (bicyclic) bond motifs is 6. The van der Waals surface area contributed by atoms with Crippen LogP contribution >= 0.6 is 0 Å². The lowest BCUT2D eigenvalue weighted by Crippen LogP contribution is -2.25. The molecular weight excluding hydrogens is 721 g/mol. The third-order valence-electron chi connectivity index (χ3n) is 11.2. The molecular formula is C50H44N4O4. The van der Waals surface area contributed by atoms with Crippen LogP contribution in [0.4, 0.5) is 17.1 Å². The number of ketones is 1. The number of aliphatic carboxylic acids is 1. The minimum atomic E-state index is -0.796. The van der Waals surface area contributed by atoms with Crippen molar-refractivity contribution in [1.29, 1.82) is 0 Å². The molecule has 8 nitrogen and oxygen atoms in total. The molecule has 3 aliphatic rings. The van der Waals surface area contributed by atoms with Gasteiger partial charge in [0.2, 0.25) is 0 Å². The van der Waals surface area contributed by atoms with Crippen molar-refractivity contribution in [2.45, 2.75) is 50.5 Å². The molecule has 1 heterocycles. The Morgan fingerprint density at radius 2 is 1.59 bits per heavy atom. The maximum absolute atomic E-state index is 14.3. The summed E-state index contributed by atoms with van der Waals surface area (Å²) < 4.78 is 0. The number of carbonyl (C=O) groups is 3. The first-order valence-corrected chi connectivity index (χ1v) is 19.7. The molecule has 0 spiro atoms. The van der Waals surface area contributed by atoms with E-state index in [9.17, 15) is 19.5 Å². The highest BCUT2D eigenvalue weighted by atomic mass is 16.4. The van der Waals surface area contributed by atoms with Gasteiger partial charge in [0.15, 0.2) is 5.78 Å². The fraction of sp³-hybridized carbons (Fsp3) is 0.160. The highest BCUT2D eigenvalue weighted by Gasteiger charge is 2.35.